The molecule has 26 heavy (non-hydrogen) atoms. The molecule has 0 bridgehead atoms. The quantitative estimate of drug-likeness (QED) is 0.243. The molecule has 0 spiro atoms. The molecule has 2 atom stereocenters. The van der Waals surface area contributed by atoms with E-state index in [0.29, 0.717) is 6.61 Å². The number of hydrogen-bond acceptors (Lipinski definition) is 4. The Morgan fingerprint density at radius 1 is 1.31 bits per heavy atom. The Morgan fingerprint density at radius 2 is 1.92 bits per heavy atom. The zero-order valence-corrected chi connectivity index (χ0v) is 18.1. The molecular formula is C20H33NO4Si. The van der Waals surface area contributed by atoms with Gasteiger partial charge in [0.15, 0.2) is 33.0 Å². The first-order valence-corrected chi connectivity index (χ1v) is 12.1. The molecule has 2 rings (SSSR count). The lowest BCUT2D eigenvalue weighted by molar-refractivity contribution is -0.473. The smallest absolute Gasteiger partial charge is 0.193 e. The van der Waals surface area contributed by atoms with Crippen molar-refractivity contribution in [2.75, 3.05) is 6.61 Å². The van der Waals surface area contributed by atoms with Gasteiger partial charge >= 0.3 is 0 Å². The minimum atomic E-state index is -2.07. The van der Waals surface area contributed by atoms with Gasteiger partial charge in [-0.3, -0.25) is 0 Å². The summed E-state index contributed by atoms with van der Waals surface area (Å²) in [7, 11) is -2.07. The molecule has 1 fully saturated rings. The van der Waals surface area contributed by atoms with Crippen LogP contribution in [0.3, 0.4) is 0 Å². The first-order valence-electron chi connectivity index (χ1n) is 9.22. The average molecular weight is 380 g/mol. The van der Waals surface area contributed by atoms with E-state index in [2.05, 4.69) is 33.9 Å². The Morgan fingerprint density at radius 3 is 2.42 bits per heavy atom. The zero-order chi connectivity index (χ0) is 19.6. The van der Waals surface area contributed by atoms with Gasteiger partial charge in [0.05, 0.1) is 6.61 Å². The largest absolute Gasteiger partial charge is 0.624 e. The van der Waals surface area contributed by atoms with Crippen molar-refractivity contribution in [2.24, 2.45) is 0 Å². The fraction of sp³-hybridized carbons (Fsp3) is 0.650. The lowest BCUT2D eigenvalue weighted by Gasteiger charge is -2.39. The molecule has 0 unspecified atom stereocenters. The van der Waals surface area contributed by atoms with Gasteiger partial charge in [0, 0.05) is 5.56 Å². The summed E-state index contributed by atoms with van der Waals surface area (Å²) in [5, 5.41) is 12.6. The van der Waals surface area contributed by atoms with Crippen molar-refractivity contribution in [3.05, 3.63) is 41.1 Å². The standard InChI is InChI=1S/C20H33NO4Si/c1-19(2,3)26(6,7)25-17(18-15-23-20(4,5)24-18)14-21(22)13-16-11-9-8-10-12-16/h8-12,14,17-18H,13,15H2,1-7H3/b21-14-/t17-,18+/m0/s1. The van der Waals surface area contributed by atoms with Crippen LogP contribution >= 0.6 is 0 Å². The van der Waals surface area contributed by atoms with E-state index in [1.165, 1.54) is 0 Å². The Labute approximate surface area is 158 Å². The molecule has 1 saturated heterocycles. The third-order valence-electron chi connectivity index (χ3n) is 5.13. The maximum absolute atomic E-state index is 12.6. The Hall–Kier alpha value is -1.21. The molecule has 0 aromatic heterocycles. The van der Waals surface area contributed by atoms with Crippen molar-refractivity contribution >= 4 is 14.5 Å². The van der Waals surface area contributed by atoms with Crippen LogP contribution in [0.15, 0.2) is 30.3 Å². The van der Waals surface area contributed by atoms with Gasteiger partial charge in [0.25, 0.3) is 0 Å². The van der Waals surface area contributed by atoms with E-state index >= 15 is 0 Å². The van der Waals surface area contributed by atoms with E-state index < -0.39 is 20.2 Å². The molecule has 0 N–H and O–H groups in total. The fourth-order valence-corrected chi connectivity index (χ4v) is 3.82. The number of hydroxylamine groups is 1. The highest BCUT2D eigenvalue weighted by atomic mass is 28.4. The Kier molecular flexibility index (Phi) is 6.33. The summed E-state index contributed by atoms with van der Waals surface area (Å²) in [5.41, 5.74) is 0.966. The molecule has 146 valence electrons. The third kappa shape index (κ3) is 5.64. The maximum Gasteiger partial charge on any atom is 0.193 e. The van der Waals surface area contributed by atoms with Crippen LogP contribution in [-0.2, 0) is 20.4 Å². The number of hydrogen-bond donors (Lipinski definition) is 0. The maximum atomic E-state index is 12.6. The second-order valence-corrected chi connectivity index (χ2v) is 13.7. The minimum absolute atomic E-state index is 0.0429. The summed E-state index contributed by atoms with van der Waals surface area (Å²) < 4.78 is 19.2. The van der Waals surface area contributed by atoms with Crippen LogP contribution in [0.25, 0.3) is 0 Å². The molecular weight excluding hydrogens is 346 g/mol. The molecule has 1 heterocycles. The number of nitrogens with zero attached hydrogens (tertiary/aromatic N) is 1. The third-order valence-corrected chi connectivity index (χ3v) is 9.60. The van der Waals surface area contributed by atoms with Crippen LogP contribution in [0, 0.1) is 5.21 Å². The highest BCUT2D eigenvalue weighted by Crippen LogP contribution is 2.38. The molecule has 1 aromatic carbocycles. The summed E-state index contributed by atoms with van der Waals surface area (Å²) in [5.74, 6) is -0.652. The molecule has 0 saturated carbocycles. The lowest BCUT2D eigenvalue weighted by atomic mass is 10.2. The van der Waals surface area contributed by atoms with Crippen molar-refractivity contribution in [3.8, 4) is 0 Å². The van der Waals surface area contributed by atoms with Crippen LogP contribution in [0.1, 0.15) is 40.2 Å². The topological polar surface area (TPSA) is 53.8 Å². The van der Waals surface area contributed by atoms with Gasteiger partial charge in [-0.15, -0.1) is 0 Å². The van der Waals surface area contributed by atoms with E-state index in [-0.39, 0.29) is 17.7 Å². The van der Waals surface area contributed by atoms with E-state index in [1.807, 2.05) is 44.2 Å². The van der Waals surface area contributed by atoms with Gasteiger partial charge in [-0.05, 0) is 32.0 Å². The van der Waals surface area contributed by atoms with Crippen LogP contribution < -0.4 is 0 Å². The zero-order valence-electron chi connectivity index (χ0n) is 17.1. The SMILES string of the molecule is CC1(C)OC[C@H]([C@H](/C=[N+](\[O-])Cc2ccccc2)O[Si](C)(C)C(C)(C)C)O1. The van der Waals surface area contributed by atoms with Gasteiger partial charge in [-0.1, -0.05) is 51.1 Å². The summed E-state index contributed by atoms with van der Waals surface area (Å²) in [6.45, 7) is 15.4. The molecule has 6 heteroatoms. The molecule has 0 amide bonds. The molecule has 5 nitrogen and oxygen atoms in total. The number of rotatable bonds is 6. The summed E-state index contributed by atoms with van der Waals surface area (Å²) >= 11 is 0. The highest BCUT2D eigenvalue weighted by molar-refractivity contribution is 6.74. The Bertz CT molecular complexity index is 622. The van der Waals surface area contributed by atoms with Gasteiger partial charge < -0.3 is 19.1 Å². The van der Waals surface area contributed by atoms with E-state index in [0.717, 1.165) is 10.3 Å². The second kappa shape index (κ2) is 7.80. The highest BCUT2D eigenvalue weighted by Gasteiger charge is 2.45. The molecule has 1 aliphatic heterocycles. The molecule has 0 radical (unpaired) electrons. The van der Waals surface area contributed by atoms with E-state index in [4.69, 9.17) is 13.9 Å². The van der Waals surface area contributed by atoms with Crippen molar-refractivity contribution in [3.63, 3.8) is 0 Å². The Balaban J connectivity index is 2.21. The van der Waals surface area contributed by atoms with Gasteiger partial charge in [-0.25, -0.2) is 4.74 Å². The normalized spacial score (nSPS) is 22.4. The molecule has 1 aromatic rings. The summed E-state index contributed by atoms with van der Waals surface area (Å²) in [6.07, 6.45) is 0.897. The van der Waals surface area contributed by atoms with E-state index in [9.17, 15) is 5.21 Å². The van der Waals surface area contributed by atoms with Crippen molar-refractivity contribution in [2.45, 2.75) is 77.3 Å². The molecule has 0 aliphatic carbocycles. The fourth-order valence-electron chi connectivity index (χ4n) is 2.58. The predicted octanol–water partition coefficient (Wildman–Crippen LogP) is 4.31. The second-order valence-electron chi connectivity index (χ2n) is 8.92. The number of benzene rings is 1. The van der Waals surface area contributed by atoms with Crippen LogP contribution in [0.2, 0.25) is 18.1 Å². The van der Waals surface area contributed by atoms with Gasteiger partial charge in [0.1, 0.15) is 6.10 Å². The first-order chi connectivity index (χ1) is 11.9. The van der Waals surface area contributed by atoms with E-state index in [1.54, 1.807) is 6.21 Å². The minimum Gasteiger partial charge on any atom is -0.624 e. The van der Waals surface area contributed by atoms with Crippen molar-refractivity contribution in [1.29, 1.82) is 0 Å². The lowest BCUT2D eigenvalue weighted by Crippen LogP contribution is -2.49. The van der Waals surface area contributed by atoms with Crippen LogP contribution in [0.4, 0.5) is 0 Å². The first kappa shape index (κ1) is 21.1. The van der Waals surface area contributed by atoms with Gasteiger partial charge in [0.2, 0.25) is 0 Å². The number of ether oxygens (including phenoxy) is 2. The predicted molar refractivity (Wildman–Crippen MR) is 107 cm³/mol. The van der Waals surface area contributed by atoms with Crippen LogP contribution in [-0.4, -0.2) is 43.9 Å². The van der Waals surface area contributed by atoms with Crippen molar-refractivity contribution < 1.29 is 18.6 Å². The van der Waals surface area contributed by atoms with Crippen molar-refractivity contribution in [1.82, 2.24) is 0 Å². The average Bonchev–Trinajstić information content (AvgIpc) is 2.86. The van der Waals surface area contributed by atoms with Crippen LogP contribution in [0.5, 0.6) is 0 Å². The molecule has 1 aliphatic rings. The van der Waals surface area contributed by atoms with Gasteiger partial charge in [-0.2, -0.15) is 0 Å². The monoisotopic (exact) mass is 379 g/mol. The summed E-state index contributed by atoms with van der Waals surface area (Å²) in [6, 6.07) is 9.70. The summed E-state index contributed by atoms with van der Waals surface area (Å²) in [4.78, 5) is 0.